The summed E-state index contributed by atoms with van der Waals surface area (Å²) in [5.41, 5.74) is 13.9. The molecule has 1 aromatic heterocycles. The number of nitrogens with zero attached hydrogens (tertiary/aromatic N) is 2. The Morgan fingerprint density at radius 3 is 1.89 bits per heavy atom. The normalized spacial score (nSPS) is 19.5. The number of aromatic nitrogens is 1. The maximum atomic E-state index is 5.60. The Hall–Kier alpha value is -7.40. The molecule has 1 aliphatic heterocycles. The van der Waals surface area contributed by atoms with Crippen LogP contribution in [0.25, 0.3) is 60.6 Å². The number of pyridine rings is 1. The van der Waals surface area contributed by atoms with Crippen molar-refractivity contribution in [3.05, 3.63) is 241 Å². The summed E-state index contributed by atoms with van der Waals surface area (Å²) in [6.45, 7) is 0. The Kier molecular flexibility index (Phi) is 10.0. The number of aliphatic imine (C=N–C) groups is 1. The molecule has 298 valence electrons. The molecule has 8 aromatic rings. The summed E-state index contributed by atoms with van der Waals surface area (Å²) in [6, 6.07) is 63.2. The third-order valence-electron chi connectivity index (χ3n) is 12.5. The molecule has 0 fully saturated rings. The Bertz CT molecular complexity index is 3090. The molecule has 4 atom stereocenters. The first-order valence-corrected chi connectivity index (χ1v) is 21.8. The number of hydrogen-bond donors (Lipinski definition) is 2. The third-order valence-corrected chi connectivity index (χ3v) is 12.5. The van der Waals surface area contributed by atoms with E-state index >= 15 is 0 Å². The van der Waals surface area contributed by atoms with Crippen LogP contribution in [0.4, 0.5) is 0 Å². The summed E-state index contributed by atoms with van der Waals surface area (Å²) in [7, 11) is 0. The van der Waals surface area contributed by atoms with Gasteiger partial charge in [0.05, 0.1) is 5.52 Å². The largest absolute Gasteiger partial charge is 0.354 e. The fourth-order valence-corrected chi connectivity index (χ4v) is 9.38. The van der Waals surface area contributed by atoms with Crippen LogP contribution in [0.2, 0.25) is 0 Å². The van der Waals surface area contributed by atoms with Gasteiger partial charge in [-0.1, -0.05) is 194 Å². The number of benzene rings is 7. The molecular weight excluding hydrogens is 753 g/mol. The molecule has 2 N–H and O–H groups in total. The van der Waals surface area contributed by atoms with E-state index in [-0.39, 0.29) is 24.2 Å². The lowest BCUT2D eigenvalue weighted by Crippen LogP contribution is -2.47. The van der Waals surface area contributed by atoms with Gasteiger partial charge in [0.15, 0.2) is 0 Å². The van der Waals surface area contributed by atoms with Crippen molar-refractivity contribution in [2.24, 2.45) is 10.9 Å². The van der Waals surface area contributed by atoms with Gasteiger partial charge in [-0.2, -0.15) is 0 Å². The Morgan fingerprint density at radius 2 is 1.16 bits per heavy atom. The number of rotatable bonds is 8. The molecule has 7 aromatic carbocycles. The third kappa shape index (κ3) is 7.40. The molecule has 0 spiro atoms. The quantitative estimate of drug-likeness (QED) is 0.151. The summed E-state index contributed by atoms with van der Waals surface area (Å²) in [6.07, 6.45) is 17.2. The van der Waals surface area contributed by atoms with Crippen molar-refractivity contribution >= 4 is 33.1 Å². The zero-order valence-electron chi connectivity index (χ0n) is 34.4. The van der Waals surface area contributed by atoms with Crippen molar-refractivity contribution in [3.63, 3.8) is 0 Å². The molecule has 0 amide bonds. The summed E-state index contributed by atoms with van der Waals surface area (Å²) >= 11 is 0. The fraction of sp³-hybridized carbons (Fsp3) is 0.103. The lowest BCUT2D eigenvalue weighted by atomic mass is 9.86. The molecule has 0 saturated carbocycles. The van der Waals surface area contributed by atoms with Crippen LogP contribution >= 0.6 is 0 Å². The second-order valence-corrected chi connectivity index (χ2v) is 16.5. The highest BCUT2D eigenvalue weighted by Gasteiger charge is 2.30. The Morgan fingerprint density at radius 1 is 0.516 bits per heavy atom. The SMILES string of the molecule is C1=CCC(c2cc(-c3ccccc3)c3c(n2)c(C2=CC(C4=NC(c5cccc(-c6ccccc6)c5)NC(c5cccc(-c6ccccc6)c5)N4)CC=C2)cc2ccccc23)C=C1. The lowest BCUT2D eigenvalue weighted by molar-refractivity contribution is 0.399. The van der Waals surface area contributed by atoms with Gasteiger partial charge in [-0.05, 0) is 98.0 Å². The minimum atomic E-state index is -0.264. The number of allylic oxidation sites excluding steroid dienone is 7. The summed E-state index contributed by atoms with van der Waals surface area (Å²) in [5, 5.41) is 11.4. The zero-order chi connectivity index (χ0) is 41.2. The molecule has 4 nitrogen and oxygen atoms in total. The van der Waals surface area contributed by atoms with Gasteiger partial charge in [-0.25, -0.2) is 4.99 Å². The van der Waals surface area contributed by atoms with Crippen molar-refractivity contribution in [2.75, 3.05) is 0 Å². The monoisotopic (exact) mass is 798 g/mol. The highest BCUT2D eigenvalue weighted by atomic mass is 15.3. The Balaban J connectivity index is 1.05. The number of nitrogens with one attached hydrogen (secondary N) is 2. The van der Waals surface area contributed by atoms with Gasteiger partial charge in [0.1, 0.15) is 18.2 Å². The standard InChI is InChI=1S/C58H46N4/c1-5-18-39(19-6-1)43-27-15-30-47(34-43)56-60-57(48-31-16-28-44(35-48)40-20-7-2-8-21-40)62-58(61-56)49-32-17-29-45(36-49)52-37-46-26-13-14-33-50(46)54-51(41-22-9-3-10-23-41)38-53(59-55(52)54)42-24-11-4-12-25-42/h1-24,26-31,33-38,42,49,56-57,60H,25,32H2,(H,61,62). The second-order valence-electron chi connectivity index (χ2n) is 16.5. The van der Waals surface area contributed by atoms with Crippen LogP contribution in [0.1, 0.15) is 53.5 Å². The van der Waals surface area contributed by atoms with Crippen LogP contribution in [-0.4, -0.2) is 10.8 Å². The van der Waals surface area contributed by atoms with Crippen molar-refractivity contribution < 1.29 is 0 Å². The van der Waals surface area contributed by atoms with Gasteiger partial charge in [0.25, 0.3) is 0 Å². The topological polar surface area (TPSA) is 49.3 Å². The molecule has 0 radical (unpaired) electrons. The van der Waals surface area contributed by atoms with Crippen LogP contribution in [0, 0.1) is 5.92 Å². The van der Waals surface area contributed by atoms with E-state index in [4.69, 9.17) is 9.98 Å². The summed E-state index contributed by atoms with van der Waals surface area (Å²) in [5.74, 6) is 1.19. The molecule has 0 bridgehead atoms. The first kappa shape index (κ1) is 37.6. The highest BCUT2D eigenvalue weighted by molar-refractivity contribution is 6.17. The van der Waals surface area contributed by atoms with E-state index in [1.54, 1.807) is 0 Å². The molecule has 4 unspecified atom stereocenters. The molecule has 0 saturated heterocycles. The van der Waals surface area contributed by atoms with E-state index in [0.717, 1.165) is 52.2 Å². The molecule has 11 rings (SSSR count). The predicted octanol–water partition coefficient (Wildman–Crippen LogP) is 13.9. The van der Waals surface area contributed by atoms with Gasteiger partial charge in [0, 0.05) is 28.5 Å². The van der Waals surface area contributed by atoms with E-state index in [9.17, 15) is 0 Å². The maximum Gasteiger partial charge on any atom is 0.129 e. The smallest absolute Gasteiger partial charge is 0.129 e. The molecule has 2 heterocycles. The van der Waals surface area contributed by atoms with E-state index in [1.165, 1.54) is 49.5 Å². The van der Waals surface area contributed by atoms with Crippen LogP contribution in [0.15, 0.2) is 223 Å². The van der Waals surface area contributed by atoms with E-state index in [0.29, 0.717) is 0 Å². The molecule has 4 heteroatoms. The first-order chi connectivity index (χ1) is 30.7. The van der Waals surface area contributed by atoms with Gasteiger partial charge >= 0.3 is 0 Å². The van der Waals surface area contributed by atoms with Crippen molar-refractivity contribution in [3.8, 4) is 33.4 Å². The minimum absolute atomic E-state index is 0.0152. The highest BCUT2D eigenvalue weighted by Crippen LogP contribution is 2.42. The lowest BCUT2D eigenvalue weighted by Gasteiger charge is -2.35. The van der Waals surface area contributed by atoms with E-state index < -0.39 is 0 Å². The van der Waals surface area contributed by atoms with Gasteiger partial charge in [-0.15, -0.1) is 0 Å². The average molecular weight is 799 g/mol. The average Bonchev–Trinajstić information content (AvgIpc) is 3.37. The number of amidine groups is 1. The second kappa shape index (κ2) is 16.6. The minimum Gasteiger partial charge on any atom is -0.354 e. The van der Waals surface area contributed by atoms with E-state index in [2.05, 4.69) is 229 Å². The zero-order valence-corrected chi connectivity index (χ0v) is 34.4. The maximum absolute atomic E-state index is 5.60. The molecule has 2 aliphatic carbocycles. The van der Waals surface area contributed by atoms with Gasteiger partial charge in [-0.3, -0.25) is 10.3 Å². The predicted molar refractivity (Wildman–Crippen MR) is 258 cm³/mol. The first-order valence-electron chi connectivity index (χ1n) is 21.8. The van der Waals surface area contributed by atoms with Crippen molar-refractivity contribution in [1.82, 2.24) is 15.6 Å². The van der Waals surface area contributed by atoms with Crippen molar-refractivity contribution in [2.45, 2.75) is 31.1 Å². The summed E-state index contributed by atoms with van der Waals surface area (Å²) in [4.78, 5) is 11.1. The summed E-state index contributed by atoms with van der Waals surface area (Å²) < 4.78 is 0. The van der Waals surface area contributed by atoms with Crippen LogP contribution in [0.3, 0.4) is 0 Å². The van der Waals surface area contributed by atoms with Gasteiger partial charge < -0.3 is 5.32 Å². The number of hydrogen-bond acceptors (Lipinski definition) is 4. The van der Waals surface area contributed by atoms with Crippen LogP contribution in [-0.2, 0) is 0 Å². The molecular formula is C58H46N4. The van der Waals surface area contributed by atoms with E-state index in [1.807, 2.05) is 0 Å². The van der Waals surface area contributed by atoms with Crippen LogP contribution < -0.4 is 10.6 Å². The van der Waals surface area contributed by atoms with Gasteiger partial charge in [0.2, 0.25) is 0 Å². The number of fused-ring (bicyclic) bond motifs is 3. The molecule has 62 heavy (non-hydrogen) atoms. The van der Waals surface area contributed by atoms with Crippen molar-refractivity contribution in [1.29, 1.82) is 0 Å². The fourth-order valence-electron chi connectivity index (χ4n) is 9.38. The van der Waals surface area contributed by atoms with Crippen LogP contribution in [0.5, 0.6) is 0 Å². The molecule has 3 aliphatic rings. The Labute approximate surface area is 363 Å².